The normalized spacial score (nSPS) is 14.7. The van der Waals surface area contributed by atoms with Gasteiger partial charge in [-0.1, -0.05) is 31.2 Å². The van der Waals surface area contributed by atoms with Crippen LogP contribution >= 0.6 is 24.8 Å². The van der Waals surface area contributed by atoms with Crippen LogP contribution in [0.4, 0.5) is 11.4 Å². The molecular weight excluding hydrogens is 381 g/mol. The average Bonchev–Trinajstić information content (AvgIpc) is 2.61. The summed E-state index contributed by atoms with van der Waals surface area (Å²) < 4.78 is 0. The van der Waals surface area contributed by atoms with Gasteiger partial charge < -0.3 is 11.1 Å². The molecule has 2 aromatic rings. The predicted molar refractivity (Wildman–Crippen MR) is 118 cm³/mol. The van der Waals surface area contributed by atoms with Crippen molar-refractivity contribution in [2.45, 2.75) is 32.7 Å². The van der Waals surface area contributed by atoms with Gasteiger partial charge in [0, 0.05) is 17.9 Å². The molecule has 1 saturated heterocycles. The van der Waals surface area contributed by atoms with Crippen molar-refractivity contribution in [3.63, 3.8) is 0 Å². The number of benzene rings is 2. The molecule has 1 amide bonds. The smallest absolute Gasteiger partial charge is 0.228 e. The SMILES string of the molecule is CC1CCN(Cc2ccc(NC(=O)Cc3ccc(N)cc3)cc2)CC1.Cl.Cl. The fraction of sp³-hybridized carbons (Fsp3) is 0.381. The molecule has 2 aromatic carbocycles. The van der Waals surface area contributed by atoms with Crippen LogP contribution in [0.25, 0.3) is 0 Å². The topological polar surface area (TPSA) is 58.4 Å². The van der Waals surface area contributed by atoms with Crippen molar-refractivity contribution in [1.82, 2.24) is 4.90 Å². The summed E-state index contributed by atoms with van der Waals surface area (Å²) in [6.45, 7) is 5.69. The number of nitrogens with two attached hydrogens (primary N) is 1. The second kappa shape index (κ2) is 11.2. The number of hydrogen-bond donors (Lipinski definition) is 2. The number of nitrogens with one attached hydrogen (secondary N) is 1. The van der Waals surface area contributed by atoms with Crippen LogP contribution in [0.3, 0.4) is 0 Å². The molecule has 0 unspecified atom stereocenters. The molecule has 3 N–H and O–H groups in total. The van der Waals surface area contributed by atoms with E-state index in [0.29, 0.717) is 12.1 Å². The van der Waals surface area contributed by atoms with E-state index in [1.165, 1.54) is 31.5 Å². The van der Waals surface area contributed by atoms with E-state index >= 15 is 0 Å². The molecule has 1 fully saturated rings. The number of carbonyl (C=O) groups is 1. The monoisotopic (exact) mass is 409 g/mol. The van der Waals surface area contributed by atoms with Crippen LogP contribution in [0, 0.1) is 5.92 Å². The first-order chi connectivity index (χ1) is 12.1. The Morgan fingerprint density at radius 3 is 2.15 bits per heavy atom. The number of piperidine rings is 1. The lowest BCUT2D eigenvalue weighted by molar-refractivity contribution is -0.115. The highest BCUT2D eigenvalue weighted by Crippen LogP contribution is 2.19. The number of hydrogen-bond acceptors (Lipinski definition) is 3. The highest BCUT2D eigenvalue weighted by Gasteiger charge is 2.15. The summed E-state index contributed by atoms with van der Waals surface area (Å²) in [5.74, 6) is 0.845. The zero-order chi connectivity index (χ0) is 17.6. The van der Waals surface area contributed by atoms with Gasteiger partial charge in [-0.05, 0) is 67.2 Å². The number of rotatable bonds is 5. The zero-order valence-corrected chi connectivity index (χ0v) is 17.3. The third-order valence-corrected chi connectivity index (χ3v) is 4.86. The van der Waals surface area contributed by atoms with E-state index in [-0.39, 0.29) is 30.7 Å². The number of anilines is 2. The summed E-state index contributed by atoms with van der Waals surface area (Å²) >= 11 is 0. The van der Waals surface area contributed by atoms with Gasteiger partial charge in [-0.2, -0.15) is 0 Å². The lowest BCUT2D eigenvalue weighted by atomic mass is 9.99. The van der Waals surface area contributed by atoms with Crippen molar-refractivity contribution in [3.8, 4) is 0 Å². The Balaban J connectivity index is 0.00000182. The maximum Gasteiger partial charge on any atom is 0.228 e. The lowest BCUT2D eigenvalue weighted by Crippen LogP contribution is -2.32. The minimum atomic E-state index is -0.0115. The minimum absolute atomic E-state index is 0. The van der Waals surface area contributed by atoms with E-state index in [1.807, 2.05) is 36.4 Å². The minimum Gasteiger partial charge on any atom is -0.399 e. The second-order valence-electron chi connectivity index (χ2n) is 7.12. The van der Waals surface area contributed by atoms with E-state index in [0.717, 1.165) is 23.7 Å². The van der Waals surface area contributed by atoms with Crippen LogP contribution in [0.1, 0.15) is 30.9 Å². The first kappa shape index (κ1) is 23.3. The predicted octanol–water partition coefficient (Wildman–Crippen LogP) is 4.53. The molecule has 0 aliphatic carbocycles. The molecule has 1 heterocycles. The Kier molecular flexibility index (Phi) is 9.64. The highest BCUT2D eigenvalue weighted by atomic mass is 35.5. The lowest BCUT2D eigenvalue weighted by Gasteiger charge is -2.30. The molecule has 0 atom stereocenters. The summed E-state index contributed by atoms with van der Waals surface area (Å²) in [4.78, 5) is 14.7. The van der Waals surface area contributed by atoms with Crippen molar-refractivity contribution < 1.29 is 4.79 Å². The molecule has 0 radical (unpaired) electrons. The fourth-order valence-electron chi connectivity index (χ4n) is 3.20. The third-order valence-electron chi connectivity index (χ3n) is 4.86. The Morgan fingerprint density at radius 1 is 1.00 bits per heavy atom. The summed E-state index contributed by atoms with van der Waals surface area (Å²) in [5, 5.41) is 2.96. The maximum atomic E-state index is 12.1. The summed E-state index contributed by atoms with van der Waals surface area (Å²) in [6, 6.07) is 15.6. The van der Waals surface area contributed by atoms with E-state index in [1.54, 1.807) is 0 Å². The maximum absolute atomic E-state index is 12.1. The number of nitrogen functional groups attached to an aromatic ring is 1. The van der Waals surface area contributed by atoms with Crippen molar-refractivity contribution in [2.75, 3.05) is 24.1 Å². The molecule has 1 aliphatic heterocycles. The second-order valence-corrected chi connectivity index (χ2v) is 7.12. The van der Waals surface area contributed by atoms with E-state index in [4.69, 9.17) is 5.73 Å². The van der Waals surface area contributed by atoms with Crippen molar-refractivity contribution in [3.05, 3.63) is 59.7 Å². The van der Waals surface area contributed by atoms with Crippen LogP contribution in [0.5, 0.6) is 0 Å². The largest absolute Gasteiger partial charge is 0.399 e. The van der Waals surface area contributed by atoms with Gasteiger partial charge in [-0.3, -0.25) is 9.69 Å². The first-order valence-electron chi connectivity index (χ1n) is 9.04. The molecule has 0 spiro atoms. The van der Waals surface area contributed by atoms with Gasteiger partial charge in [0.25, 0.3) is 0 Å². The Bertz CT molecular complexity index is 696. The Morgan fingerprint density at radius 2 is 1.56 bits per heavy atom. The quantitative estimate of drug-likeness (QED) is 0.713. The van der Waals surface area contributed by atoms with Gasteiger partial charge in [0.2, 0.25) is 5.91 Å². The number of likely N-dealkylation sites (tertiary alicyclic amines) is 1. The Labute approximate surface area is 174 Å². The van der Waals surface area contributed by atoms with Crippen LogP contribution in [-0.2, 0) is 17.8 Å². The molecule has 4 nitrogen and oxygen atoms in total. The van der Waals surface area contributed by atoms with Gasteiger partial charge in [-0.15, -0.1) is 24.8 Å². The van der Waals surface area contributed by atoms with Crippen molar-refractivity contribution >= 4 is 42.1 Å². The van der Waals surface area contributed by atoms with Crippen LogP contribution in [0.2, 0.25) is 0 Å². The molecule has 3 rings (SSSR count). The van der Waals surface area contributed by atoms with Crippen molar-refractivity contribution in [2.24, 2.45) is 5.92 Å². The number of amides is 1. The standard InChI is InChI=1S/C21H27N3O.2ClH/c1-16-10-12-24(13-11-16)15-18-4-8-20(9-5-18)23-21(25)14-17-2-6-19(22)7-3-17;;/h2-9,16H,10-15,22H2,1H3,(H,23,25);2*1H. The number of nitrogens with zero attached hydrogens (tertiary/aromatic N) is 1. The van der Waals surface area contributed by atoms with Crippen LogP contribution < -0.4 is 11.1 Å². The molecule has 0 saturated carbocycles. The average molecular weight is 410 g/mol. The molecular formula is C21H29Cl2N3O. The highest BCUT2D eigenvalue weighted by molar-refractivity contribution is 5.92. The van der Waals surface area contributed by atoms with Crippen LogP contribution in [-0.4, -0.2) is 23.9 Å². The van der Waals surface area contributed by atoms with Gasteiger partial charge in [0.1, 0.15) is 0 Å². The molecule has 6 heteroatoms. The van der Waals surface area contributed by atoms with E-state index < -0.39 is 0 Å². The summed E-state index contributed by atoms with van der Waals surface area (Å²) in [5.41, 5.74) is 9.48. The van der Waals surface area contributed by atoms with Gasteiger partial charge in [-0.25, -0.2) is 0 Å². The van der Waals surface area contributed by atoms with E-state index in [2.05, 4.69) is 29.3 Å². The van der Waals surface area contributed by atoms with Gasteiger partial charge in [0.15, 0.2) is 0 Å². The Hall–Kier alpha value is -1.75. The number of halogens is 2. The van der Waals surface area contributed by atoms with Gasteiger partial charge in [0.05, 0.1) is 6.42 Å². The fourth-order valence-corrected chi connectivity index (χ4v) is 3.20. The molecule has 27 heavy (non-hydrogen) atoms. The van der Waals surface area contributed by atoms with E-state index in [9.17, 15) is 4.79 Å². The zero-order valence-electron chi connectivity index (χ0n) is 15.7. The number of carbonyl (C=O) groups excluding carboxylic acids is 1. The summed E-state index contributed by atoms with van der Waals surface area (Å²) in [6.07, 6.45) is 2.94. The molecule has 0 aromatic heterocycles. The molecule has 1 aliphatic rings. The third kappa shape index (κ3) is 7.41. The summed E-state index contributed by atoms with van der Waals surface area (Å²) in [7, 11) is 0. The molecule has 0 bridgehead atoms. The first-order valence-corrected chi connectivity index (χ1v) is 9.04. The van der Waals surface area contributed by atoms with Gasteiger partial charge >= 0.3 is 0 Å². The molecule has 148 valence electrons. The van der Waals surface area contributed by atoms with Crippen LogP contribution in [0.15, 0.2) is 48.5 Å². The van der Waals surface area contributed by atoms with Crippen molar-refractivity contribution in [1.29, 1.82) is 0 Å².